The van der Waals surface area contributed by atoms with Gasteiger partial charge in [0.25, 0.3) is 17.2 Å². The van der Waals surface area contributed by atoms with Crippen LogP contribution in [-0.2, 0) is 0 Å². The lowest BCUT2D eigenvalue weighted by molar-refractivity contribution is -0.383. The molecule has 2 aliphatic rings. The molecule has 0 saturated carbocycles. The van der Waals surface area contributed by atoms with Crippen molar-refractivity contribution in [2.45, 2.75) is 5.79 Å². The molecule has 8 nitrogen and oxygen atoms in total. The molecule has 4 aromatic rings. The minimum Gasteiger partial charge on any atom is -0.444 e. The van der Waals surface area contributed by atoms with Crippen molar-refractivity contribution >= 4 is 45.1 Å². The van der Waals surface area contributed by atoms with Crippen molar-refractivity contribution in [3.63, 3.8) is 0 Å². The zero-order valence-corrected chi connectivity index (χ0v) is 16.9. The Bertz CT molecular complexity index is 1470. The minimum absolute atomic E-state index is 0.0731. The molecule has 6 rings (SSSR count). The molecule has 0 unspecified atom stereocenters. The van der Waals surface area contributed by atoms with Gasteiger partial charge in [0.15, 0.2) is 0 Å². The van der Waals surface area contributed by atoms with Gasteiger partial charge in [-0.25, -0.2) is 0 Å². The molecule has 8 heteroatoms. The van der Waals surface area contributed by atoms with Crippen molar-refractivity contribution in [1.82, 2.24) is 0 Å². The molecule has 0 N–H and O–H groups in total. The quantitative estimate of drug-likeness (QED) is 0.280. The standard InChI is InChI=1S/C25H14N2O6/c28-26(29)19-5-1-3-15-7-9-17-11-13-25(32-23(17)21(15)19)14-12-18-10-8-16-4-2-6-20(27(30)31)22(16)24(18)33-25/h1-14H. The fraction of sp³-hybridized carbons (Fsp3) is 0.0400. The van der Waals surface area contributed by atoms with Crippen LogP contribution in [0.25, 0.3) is 33.7 Å². The lowest BCUT2D eigenvalue weighted by atomic mass is 9.97. The van der Waals surface area contributed by atoms with Gasteiger partial charge in [-0.1, -0.05) is 48.5 Å². The highest BCUT2D eigenvalue weighted by atomic mass is 16.7. The van der Waals surface area contributed by atoms with E-state index >= 15 is 0 Å². The molecule has 0 aromatic heterocycles. The Labute approximate surface area is 186 Å². The first-order valence-electron chi connectivity index (χ1n) is 10.1. The molecule has 160 valence electrons. The average Bonchev–Trinajstić information content (AvgIpc) is 2.82. The van der Waals surface area contributed by atoms with E-state index in [1.54, 1.807) is 60.7 Å². The van der Waals surface area contributed by atoms with E-state index in [9.17, 15) is 20.2 Å². The van der Waals surface area contributed by atoms with E-state index in [2.05, 4.69) is 0 Å². The van der Waals surface area contributed by atoms with Crippen LogP contribution in [0.3, 0.4) is 0 Å². The monoisotopic (exact) mass is 438 g/mol. The number of hydrogen-bond acceptors (Lipinski definition) is 6. The largest absolute Gasteiger partial charge is 0.444 e. The van der Waals surface area contributed by atoms with Crippen LogP contribution in [0.2, 0.25) is 0 Å². The molecule has 0 amide bonds. The Morgan fingerprint density at radius 1 is 0.636 bits per heavy atom. The van der Waals surface area contributed by atoms with Crippen molar-refractivity contribution in [1.29, 1.82) is 0 Å². The first kappa shape index (κ1) is 19.0. The van der Waals surface area contributed by atoms with Crippen LogP contribution in [0.1, 0.15) is 11.1 Å². The zero-order valence-electron chi connectivity index (χ0n) is 16.9. The number of nitro groups is 2. The highest BCUT2D eigenvalue weighted by Gasteiger charge is 2.38. The molecule has 0 bridgehead atoms. The van der Waals surface area contributed by atoms with E-state index in [0.717, 1.165) is 0 Å². The molecule has 2 aliphatic heterocycles. The van der Waals surface area contributed by atoms with Gasteiger partial charge in [-0.15, -0.1) is 0 Å². The molecule has 0 aliphatic carbocycles. The SMILES string of the molecule is O=[N+]([O-])c1cccc2ccc3c(c12)OC1(C=C3)C=Cc2ccc3cccc([N+](=O)[O-])c3c2O1. The Morgan fingerprint density at radius 3 is 1.52 bits per heavy atom. The highest BCUT2D eigenvalue weighted by molar-refractivity contribution is 6.00. The van der Waals surface area contributed by atoms with Gasteiger partial charge in [0.05, 0.1) is 9.85 Å². The first-order valence-corrected chi connectivity index (χ1v) is 10.1. The van der Waals surface area contributed by atoms with Crippen LogP contribution in [0, 0.1) is 20.2 Å². The zero-order chi connectivity index (χ0) is 22.7. The molecular weight excluding hydrogens is 424 g/mol. The summed E-state index contributed by atoms with van der Waals surface area (Å²) >= 11 is 0. The molecule has 2 heterocycles. The molecule has 0 atom stereocenters. The van der Waals surface area contributed by atoms with Crippen molar-refractivity contribution in [3.8, 4) is 11.5 Å². The normalized spacial score (nSPS) is 15.0. The van der Waals surface area contributed by atoms with Gasteiger partial charge in [0.1, 0.15) is 22.3 Å². The first-order chi connectivity index (χ1) is 16.0. The summed E-state index contributed by atoms with van der Waals surface area (Å²) in [5, 5.41) is 25.5. The van der Waals surface area contributed by atoms with E-state index in [1.165, 1.54) is 12.1 Å². The third-order valence-electron chi connectivity index (χ3n) is 5.92. The molecule has 33 heavy (non-hydrogen) atoms. The summed E-state index contributed by atoms with van der Waals surface area (Å²) in [5.41, 5.74) is 1.20. The minimum atomic E-state index is -1.41. The Kier molecular flexibility index (Phi) is 3.82. The topological polar surface area (TPSA) is 105 Å². The number of benzene rings is 4. The van der Waals surface area contributed by atoms with E-state index in [4.69, 9.17) is 9.47 Å². The fourth-order valence-electron chi connectivity index (χ4n) is 4.42. The molecule has 0 fully saturated rings. The van der Waals surface area contributed by atoms with Gasteiger partial charge in [0.2, 0.25) is 0 Å². The molecule has 1 spiro atoms. The summed E-state index contributed by atoms with van der Waals surface area (Å²) in [6.07, 6.45) is 6.96. The second-order valence-electron chi connectivity index (χ2n) is 7.82. The van der Waals surface area contributed by atoms with E-state index in [0.29, 0.717) is 44.2 Å². The maximum atomic E-state index is 11.7. The number of rotatable bonds is 2. The lowest BCUT2D eigenvalue weighted by Gasteiger charge is -2.36. The van der Waals surface area contributed by atoms with Gasteiger partial charge in [-0.3, -0.25) is 20.2 Å². The number of fused-ring (bicyclic) bond motifs is 6. The fourth-order valence-corrected chi connectivity index (χ4v) is 4.42. The number of hydrogen-bond donors (Lipinski definition) is 0. The van der Waals surface area contributed by atoms with Crippen molar-refractivity contribution in [2.24, 2.45) is 0 Å². The lowest BCUT2D eigenvalue weighted by Crippen LogP contribution is -2.41. The van der Waals surface area contributed by atoms with E-state index in [1.807, 2.05) is 12.1 Å². The number of ether oxygens (including phenoxy) is 2. The van der Waals surface area contributed by atoms with Crippen LogP contribution < -0.4 is 9.47 Å². The highest BCUT2D eigenvalue weighted by Crippen LogP contribution is 2.46. The molecular formula is C25H14N2O6. The van der Waals surface area contributed by atoms with Gasteiger partial charge >= 0.3 is 0 Å². The van der Waals surface area contributed by atoms with Gasteiger partial charge in [0, 0.05) is 35.4 Å². The third kappa shape index (κ3) is 2.77. The second kappa shape index (κ2) is 6.64. The number of non-ortho nitro benzene ring substituents is 2. The molecule has 0 saturated heterocycles. The van der Waals surface area contributed by atoms with Crippen molar-refractivity contribution < 1.29 is 19.3 Å². The van der Waals surface area contributed by atoms with Crippen LogP contribution in [-0.4, -0.2) is 15.6 Å². The molecule has 0 radical (unpaired) electrons. The summed E-state index contributed by atoms with van der Waals surface area (Å²) in [4.78, 5) is 22.5. The van der Waals surface area contributed by atoms with Crippen molar-refractivity contribution in [3.05, 3.63) is 104 Å². The third-order valence-corrected chi connectivity index (χ3v) is 5.92. The van der Waals surface area contributed by atoms with E-state index in [-0.39, 0.29) is 11.4 Å². The summed E-state index contributed by atoms with van der Waals surface area (Å²) in [6, 6.07) is 16.9. The summed E-state index contributed by atoms with van der Waals surface area (Å²) in [7, 11) is 0. The maximum absolute atomic E-state index is 11.7. The second-order valence-corrected chi connectivity index (χ2v) is 7.82. The Morgan fingerprint density at radius 2 is 1.09 bits per heavy atom. The van der Waals surface area contributed by atoms with Crippen LogP contribution in [0.5, 0.6) is 11.5 Å². The van der Waals surface area contributed by atoms with Crippen LogP contribution in [0.15, 0.2) is 72.8 Å². The molecule has 4 aromatic carbocycles. The number of nitrogens with zero attached hydrogens (tertiary/aromatic N) is 2. The summed E-state index contributed by atoms with van der Waals surface area (Å²) < 4.78 is 12.6. The van der Waals surface area contributed by atoms with E-state index < -0.39 is 15.6 Å². The van der Waals surface area contributed by atoms with Gasteiger partial charge < -0.3 is 9.47 Å². The summed E-state index contributed by atoms with van der Waals surface area (Å²) in [6.45, 7) is 0. The smallest absolute Gasteiger partial charge is 0.291 e. The summed E-state index contributed by atoms with van der Waals surface area (Å²) in [5.74, 6) is -0.758. The van der Waals surface area contributed by atoms with Gasteiger partial charge in [-0.05, 0) is 22.9 Å². The predicted octanol–water partition coefficient (Wildman–Crippen LogP) is 6.02. The van der Waals surface area contributed by atoms with Gasteiger partial charge in [-0.2, -0.15) is 0 Å². The van der Waals surface area contributed by atoms with Crippen molar-refractivity contribution in [2.75, 3.05) is 0 Å². The average molecular weight is 438 g/mol. The Hall–Kier alpha value is -4.72. The van der Waals surface area contributed by atoms with Crippen LogP contribution >= 0.6 is 0 Å². The predicted molar refractivity (Wildman–Crippen MR) is 123 cm³/mol. The Balaban J connectivity index is 1.55. The van der Waals surface area contributed by atoms with Crippen LogP contribution in [0.4, 0.5) is 11.4 Å². The number of nitro benzene ring substituents is 2. The maximum Gasteiger partial charge on any atom is 0.291 e.